The smallest absolute Gasteiger partial charge is 0.286 e. The monoisotopic (exact) mass is 388 g/mol. The van der Waals surface area contributed by atoms with Crippen LogP contribution in [-0.2, 0) is 4.79 Å². The van der Waals surface area contributed by atoms with Crippen LogP contribution < -0.4 is 14.8 Å². The van der Waals surface area contributed by atoms with Gasteiger partial charge in [0.05, 0.1) is 6.04 Å². The average molecular weight is 388 g/mol. The lowest BCUT2D eigenvalue weighted by atomic mass is 10.2. The fraction of sp³-hybridized carbons (Fsp3) is 0.444. The second kappa shape index (κ2) is 7.51. The van der Waals surface area contributed by atoms with E-state index in [1.54, 1.807) is 18.2 Å². The number of hydrogen-bond donors (Lipinski definition) is 1. The van der Waals surface area contributed by atoms with Gasteiger partial charge in [-0.3, -0.25) is 9.59 Å². The zero-order valence-corrected chi connectivity index (χ0v) is 15.8. The Kier molecular flexibility index (Phi) is 4.93. The SMILES string of the molecule is CCCC(=O)N1CCC[C@@H]1c1nnc(C(=O)Nc2ccc3c(c2)OCO3)s1. The molecule has 1 aromatic carbocycles. The summed E-state index contributed by atoms with van der Waals surface area (Å²) in [6.07, 6.45) is 3.15. The molecule has 0 radical (unpaired) electrons. The van der Waals surface area contributed by atoms with Crippen molar-refractivity contribution in [1.29, 1.82) is 0 Å². The summed E-state index contributed by atoms with van der Waals surface area (Å²) in [5, 5.41) is 12.0. The fourth-order valence-electron chi connectivity index (χ4n) is 3.30. The van der Waals surface area contributed by atoms with Crippen LogP contribution in [0.2, 0.25) is 0 Å². The molecule has 1 saturated heterocycles. The van der Waals surface area contributed by atoms with E-state index in [-0.39, 0.29) is 29.7 Å². The van der Waals surface area contributed by atoms with E-state index >= 15 is 0 Å². The van der Waals surface area contributed by atoms with Gasteiger partial charge >= 0.3 is 0 Å². The number of rotatable bonds is 5. The van der Waals surface area contributed by atoms with Crippen LogP contribution >= 0.6 is 11.3 Å². The first-order valence-electron chi connectivity index (χ1n) is 8.99. The highest BCUT2D eigenvalue weighted by Crippen LogP contribution is 2.36. The van der Waals surface area contributed by atoms with Crippen molar-refractivity contribution in [2.45, 2.75) is 38.6 Å². The summed E-state index contributed by atoms with van der Waals surface area (Å²) < 4.78 is 10.6. The van der Waals surface area contributed by atoms with Crippen LogP contribution in [-0.4, -0.2) is 40.2 Å². The second-order valence-corrected chi connectivity index (χ2v) is 7.47. The lowest BCUT2D eigenvalue weighted by Gasteiger charge is -2.22. The molecule has 1 N–H and O–H groups in total. The zero-order valence-electron chi connectivity index (χ0n) is 14.9. The average Bonchev–Trinajstić information content (AvgIpc) is 3.40. The largest absolute Gasteiger partial charge is 0.454 e. The Hall–Kier alpha value is -2.68. The molecular formula is C18H20N4O4S. The normalized spacial score (nSPS) is 18.0. The minimum atomic E-state index is -0.331. The number of hydrogen-bond acceptors (Lipinski definition) is 7. The van der Waals surface area contributed by atoms with Crippen LogP contribution in [0.15, 0.2) is 18.2 Å². The summed E-state index contributed by atoms with van der Waals surface area (Å²) in [5.74, 6) is 1.06. The number of likely N-dealkylation sites (tertiary alicyclic amines) is 1. The Bertz CT molecular complexity index is 869. The highest BCUT2D eigenvalue weighted by Gasteiger charge is 2.32. The van der Waals surface area contributed by atoms with Crippen molar-refractivity contribution < 1.29 is 19.1 Å². The molecule has 3 heterocycles. The number of anilines is 1. The number of carbonyl (C=O) groups excluding carboxylic acids is 2. The van der Waals surface area contributed by atoms with Gasteiger partial charge in [0.15, 0.2) is 11.5 Å². The molecule has 0 spiro atoms. The molecule has 8 nitrogen and oxygen atoms in total. The first kappa shape index (κ1) is 17.7. The van der Waals surface area contributed by atoms with Gasteiger partial charge in [-0.15, -0.1) is 10.2 Å². The Labute approximate surface area is 160 Å². The van der Waals surface area contributed by atoms with Crippen LogP contribution in [0.25, 0.3) is 0 Å². The highest BCUT2D eigenvalue weighted by atomic mass is 32.1. The van der Waals surface area contributed by atoms with Gasteiger partial charge in [-0.25, -0.2) is 0 Å². The molecule has 1 atom stereocenters. The zero-order chi connectivity index (χ0) is 18.8. The number of aromatic nitrogens is 2. The van der Waals surface area contributed by atoms with Gasteiger partial charge in [0.1, 0.15) is 5.01 Å². The molecular weight excluding hydrogens is 368 g/mol. The summed E-state index contributed by atoms with van der Waals surface area (Å²) in [5.41, 5.74) is 0.599. The van der Waals surface area contributed by atoms with E-state index in [1.165, 1.54) is 11.3 Å². The number of benzene rings is 1. The molecule has 142 valence electrons. The fourth-order valence-corrected chi connectivity index (χ4v) is 4.19. The van der Waals surface area contributed by atoms with Crippen LogP contribution in [0.1, 0.15) is 53.5 Å². The second-order valence-electron chi connectivity index (χ2n) is 6.46. The molecule has 2 aromatic rings. The third-order valence-corrected chi connectivity index (χ3v) is 5.61. The Morgan fingerprint density at radius 1 is 1.30 bits per heavy atom. The third kappa shape index (κ3) is 3.59. The molecule has 0 aliphatic carbocycles. The van der Waals surface area contributed by atoms with Crippen LogP contribution in [0.3, 0.4) is 0 Å². The Balaban J connectivity index is 1.45. The van der Waals surface area contributed by atoms with Crippen molar-refractivity contribution >= 4 is 28.8 Å². The van der Waals surface area contributed by atoms with Gasteiger partial charge in [-0.2, -0.15) is 0 Å². The van der Waals surface area contributed by atoms with E-state index in [9.17, 15) is 9.59 Å². The van der Waals surface area contributed by atoms with Crippen molar-refractivity contribution in [3.8, 4) is 11.5 Å². The molecule has 9 heteroatoms. The van der Waals surface area contributed by atoms with Crippen molar-refractivity contribution in [2.24, 2.45) is 0 Å². The van der Waals surface area contributed by atoms with E-state index < -0.39 is 0 Å². The lowest BCUT2D eigenvalue weighted by Crippen LogP contribution is -2.30. The molecule has 0 saturated carbocycles. The van der Waals surface area contributed by atoms with Gasteiger partial charge in [0.25, 0.3) is 5.91 Å². The van der Waals surface area contributed by atoms with Crippen molar-refractivity contribution in [1.82, 2.24) is 15.1 Å². The quantitative estimate of drug-likeness (QED) is 0.846. The topological polar surface area (TPSA) is 93.7 Å². The first-order valence-corrected chi connectivity index (χ1v) is 9.81. The summed E-state index contributed by atoms with van der Waals surface area (Å²) in [4.78, 5) is 26.7. The van der Waals surface area contributed by atoms with Gasteiger partial charge in [-0.05, 0) is 31.4 Å². The highest BCUT2D eigenvalue weighted by molar-refractivity contribution is 7.13. The van der Waals surface area contributed by atoms with Gasteiger partial charge in [0.2, 0.25) is 17.7 Å². The number of ether oxygens (including phenoxy) is 2. The predicted molar refractivity (Wildman–Crippen MR) is 99.0 cm³/mol. The minimum Gasteiger partial charge on any atom is -0.454 e. The molecule has 0 bridgehead atoms. The van der Waals surface area contributed by atoms with Crippen molar-refractivity contribution in [2.75, 3.05) is 18.7 Å². The minimum absolute atomic E-state index is 0.0753. The van der Waals surface area contributed by atoms with Gasteiger partial charge in [-0.1, -0.05) is 18.3 Å². The van der Waals surface area contributed by atoms with Crippen LogP contribution in [0.4, 0.5) is 5.69 Å². The Morgan fingerprint density at radius 2 is 2.15 bits per heavy atom. The summed E-state index contributed by atoms with van der Waals surface area (Å²) in [7, 11) is 0. The standard InChI is InChI=1S/C18H20N4O4S/c1-2-4-15(23)22-8-3-5-12(22)17-20-21-18(27-17)16(24)19-11-6-7-13-14(9-11)26-10-25-13/h6-7,9,12H,2-5,8,10H2,1H3,(H,19,24)/t12-/m1/s1. The van der Waals surface area contributed by atoms with Crippen molar-refractivity contribution in [3.63, 3.8) is 0 Å². The number of fused-ring (bicyclic) bond motifs is 1. The van der Waals surface area contributed by atoms with Crippen LogP contribution in [0, 0.1) is 0 Å². The number of nitrogens with zero attached hydrogens (tertiary/aromatic N) is 3. The maximum absolute atomic E-state index is 12.5. The van der Waals surface area contributed by atoms with Crippen molar-refractivity contribution in [3.05, 3.63) is 28.2 Å². The molecule has 27 heavy (non-hydrogen) atoms. The van der Waals surface area contributed by atoms with E-state index in [4.69, 9.17) is 9.47 Å². The predicted octanol–water partition coefficient (Wildman–Crippen LogP) is 2.98. The van der Waals surface area contributed by atoms with E-state index in [0.717, 1.165) is 25.8 Å². The third-order valence-electron chi connectivity index (χ3n) is 4.59. The van der Waals surface area contributed by atoms with E-state index in [0.29, 0.717) is 28.6 Å². The van der Waals surface area contributed by atoms with Gasteiger partial charge in [0, 0.05) is 24.7 Å². The molecule has 1 aromatic heterocycles. The number of amides is 2. The van der Waals surface area contributed by atoms with E-state index in [2.05, 4.69) is 15.5 Å². The van der Waals surface area contributed by atoms with Crippen LogP contribution in [0.5, 0.6) is 11.5 Å². The van der Waals surface area contributed by atoms with Gasteiger partial charge < -0.3 is 19.7 Å². The molecule has 2 aliphatic rings. The number of carbonyl (C=O) groups is 2. The first-order chi connectivity index (χ1) is 13.2. The molecule has 2 amide bonds. The maximum atomic E-state index is 12.5. The Morgan fingerprint density at radius 3 is 3.00 bits per heavy atom. The molecule has 2 aliphatic heterocycles. The summed E-state index contributed by atoms with van der Waals surface area (Å²) in [6.45, 7) is 2.91. The lowest BCUT2D eigenvalue weighted by molar-refractivity contribution is -0.132. The maximum Gasteiger partial charge on any atom is 0.286 e. The molecule has 1 fully saturated rings. The molecule has 4 rings (SSSR count). The number of nitrogens with one attached hydrogen (secondary N) is 1. The summed E-state index contributed by atoms with van der Waals surface area (Å²) in [6, 6.07) is 5.13. The van der Waals surface area contributed by atoms with E-state index in [1.807, 2.05) is 11.8 Å². The summed E-state index contributed by atoms with van der Waals surface area (Å²) >= 11 is 1.24. The molecule has 0 unspecified atom stereocenters.